The van der Waals surface area contributed by atoms with E-state index in [9.17, 15) is 9.59 Å². The van der Waals surface area contributed by atoms with Crippen LogP contribution >= 0.6 is 11.6 Å². The molecule has 0 unspecified atom stereocenters. The molecule has 2 N–H and O–H groups in total. The van der Waals surface area contributed by atoms with Crippen LogP contribution < -0.4 is 10.6 Å². The molecule has 150 valence electrons. The van der Waals surface area contributed by atoms with Crippen LogP contribution in [0.4, 0.5) is 5.69 Å². The minimum absolute atomic E-state index is 0.0545. The molecule has 0 saturated heterocycles. The first-order valence-corrected chi connectivity index (χ1v) is 9.82. The van der Waals surface area contributed by atoms with Gasteiger partial charge < -0.3 is 10.6 Å². The van der Waals surface area contributed by atoms with Crippen LogP contribution in [0.2, 0.25) is 5.02 Å². The molecular weight excluding hydrogens is 388 g/mol. The lowest BCUT2D eigenvalue weighted by molar-refractivity contribution is 0.0954. The quantitative estimate of drug-likeness (QED) is 0.621. The highest BCUT2D eigenvalue weighted by molar-refractivity contribution is 6.30. The van der Waals surface area contributed by atoms with Crippen molar-refractivity contribution in [2.24, 2.45) is 0 Å². The Morgan fingerprint density at radius 2 is 1.86 bits per heavy atom. The van der Waals surface area contributed by atoms with Crippen molar-refractivity contribution in [1.82, 2.24) is 15.1 Å². The lowest BCUT2D eigenvalue weighted by Gasteiger charge is -2.13. The van der Waals surface area contributed by atoms with Gasteiger partial charge in [-0.2, -0.15) is 5.10 Å². The van der Waals surface area contributed by atoms with Gasteiger partial charge in [0.05, 0.1) is 23.1 Å². The van der Waals surface area contributed by atoms with Gasteiger partial charge in [-0.25, -0.2) is 4.68 Å². The SMILES string of the molecule is CCNC(=O)c1cccc(NC(=O)c2cnn(-c3cccc(Cl)c3)c2C(C)C)c1. The van der Waals surface area contributed by atoms with Crippen LogP contribution in [0.1, 0.15) is 53.1 Å². The molecule has 3 rings (SSSR count). The van der Waals surface area contributed by atoms with E-state index in [1.54, 1.807) is 47.3 Å². The van der Waals surface area contributed by atoms with E-state index in [4.69, 9.17) is 11.6 Å². The molecule has 1 heterocycles. The first-order chi connectivity index (χ1) is 13.9. The minimum Gasteiger partial charge on any atom is -0.352 e. The maximum absolute atomic E-state index is 13.0. The smallest absolute Gasteiger partial charge is 0.259 e. The van der Waals surface area contributed by atoms with Crippen molar-refractivity contribution in [1.29, 1.82) is 0 Å². The highest BCUT2D eigenvalue weighted by Crippen LogP contribution is 2.25. The van der Waals surface area contributed by atoms with Gasteiger partial charge in [-0.05, 0) is 49.2 Å². The van der Waals surface area contributed by atoms with Gasteiger partial charge in [0.2, 0.25) is 0 Å². The Kier molecular flexibility index (Phi) is 6.34. The van der Waals surface area contributed by atoms with Crippen molar-refractivity contribution in [2.45, 2.75) is 26.7 Å². The lowest BCUT2D eigenvalue weighted by Crippen LogP contribution is -2.23. The Bertz CT molecular complexity index is 1040. The zero-order valence-corrected chi connectivity index (χ0v) is 17.3. The summed E-state index contributed by atoms with van der Waals surface area (Å²) in [4.78, 5) is 25.0. The zero-order valence-electron chi connectivity index (χ0n) is 16.6. The van der Waals surface area contributed by atoms with Crippen LogP contribution in [-0.4, -0.2) is 28.1 Å². The fraction of sp³-hybridized carbons (Fsp3) is 0.227. The monoisotopic (exact) mass is 410 g/mol. The number of hydrogen-bond donors (Lipinski definition) is 2. The molecule has 0 spiro atoms. The van der Waals surface area contributed by atoms with Gasteiger partial charge in [-0.3, -0.25) is 9.59 Å². The zero-order chi connectivity index (χ0) is 21.0. The maximum Gasteiger partial charge on any atom is 0.259 e. The molecule has 1 aromatic heterocycles. The van der Waals surface area contributed by atoms with Crippen molar-refractivity contribution >= 4 is 29.1 Å². The molecule has 0 aliphatic carbocycles. The van der Waals surface area contributed by atoms with Gasteiger partial charge >= 0.3 is 0 Å². The predicted molar refractivity (Wildman–Crippen MR) is 115 cm³/mol. The average Bonchev–Trinajstić information content (AvgIpc) is 3.14. The van der Waals surface area contributed by atoms with Gasteiger partial charge in [-0.1, -0.05) is 37.6 Å². The van der Waals surface area contributed by atoms with Crippen LogP contribution in [0.25, 0.3) is 5.69 Å². The largest absolute Gasteiger partial charge is 0.352 e. The standard InChI is InChI=1S/C22H23ClN4O2/c1-4-24-21(28)15-7-5-9-17(11-15)26-22(29)19-13-25-27(20(19)14(2)3)18-10-6-8-16(23)12-18/h5-14H,4H2,1-3H3,(H,24,28)(H,26,29). The first-order valence-electron chi connectivity index (χ1n) is 9.44. The van der Waals surface area contributed by atoms with E-state index >= 15 is 0 Å². The van der Waals surface area contributed by atoms with E-state index in [-0.39, 0.29) is 17.7 Å². The summed E-state index contributed by atoms with van der Waals surface area (Å²) in [5.74, 6) is -0.408. The van der Waals surface area contributed by atoms with Crippen LogP contribution in [-0.2, 0) is 0 Å². The summed E-state index contributed by atoms with van der Waals surface area (Å²) in [5.41, 5.74) is 3.08. The molecule has 0 radical (unpaired) electrons. The van der Waals surface area contributed by atoms with Crippen molar-refractivity contribution in [2.75, 3.05) is 11.9 Å². The summed E-state index contributed by atoms with van der Waals surface area (Å²) in [5, 5.41) is 10.6. The van der Waals surface area contributed by atoms with E-state index < -0.39 is 0 Å². The Morgan fingerprint density at radius 3 is 2.55 bits per heavy atom. The van der Waals surface area contributed by atoms with E-state index in [2.05, 4.69) is 15.7 Å². The third kappa shape index (κ3) is 4.66. The van der Waals surface area contributed by atoms with E-state index in [1.807, 2.05) is 32.9 Å². The third-order valence-electron chi connectivity index (χ3n) is 4.37. The number of aromatic nitrogens is 2. The summed E-state index contributed by atoms with van der Waals surface area (Å²) in [6, 6.07) is 14.2. The van der Waals surface area contributed by atoms with Crippen LogP contribution in [0.15, 0.2) is 54.7 Å². The van der Waals surface area contributed by atoms with Crippen LogP contribution in [0.5, 0.6) is 0 Å². The summed E-state index contributed by atoms with van der Waals surface area (Å²) < 4.78 is 1.73. The topological polar surface area (TPSA) is 76.0 Å². The maximum atomic E-state index is 13.0. The second-order valence-corrected chi connectivity index (χ2v) is 7.32. The molecule has 0 aliphatic heterocycles. The molecular formula is C22H23ClN4O2. The number of amides is 2. The van der Waals surface area contributed by atoms with Crippen molar-refractivity contribution in [3.8, 4) is 5.69 Å². The molecule has 0 fully saturated rings. The molecule has 0 saturated carbocycles. The molecule has 29 heavy (non-hydrogen) atoms. The van der Waals surface area contributed by atoms with Crippen LogP contribution in [0.3, 0.4) is 0 Å². The molecule has 6 nitrogen and oxygen atoms in total. The van der Waals surface area contributed by atoms with Crippen LogP contribution in [0, 0.1) is 0 Å². The molecule has 7 heteroatoms. The highest BCUT2D eigenvalue weighted by Gasteiger charge is 2.21. The van der Waals surface area contributed by atoms with Gasteiger partial charge in [0.15, 0.2) is 0 Å². The normalized spacial score (nSPS) is 10.8. The van der Waals surface area contributed by atoms with Crippen molar-refractivity contribution in [3.63, 3.8) is 0 Å². The van der Waals surface area contributed by atoms with E-state index in [0.29, 0.717) is 28.4 Å². The Balaban J connectivity index is 1.90. The minimum atomic E-state index is -0.282. The summed E-state index contributed by atoms with van der Waals surface area (Å²) in [7, 11) is 0. The van der Waals surface area contributed by atoms with Crippen molar-refractivity contribution < 1.29 is 9.59 Å². The highest BCUT2D eigenvalue weighted by atomic mass is 35.5. The Labute approximate surface area is 174 Å². The fourth-order valence-electron chi connectivity index (χ4n) is 3.10. The number of rotatable bonds is 6. The molecule has 2 amide bonds. The van der Waals surface area contributed by atoms with Gasteiger partial charge in [0, 0.05) is 22.8 Å². The summed E-state index contributed by atoms with van der Waals surface area (Å²) in [6.07, 6.45) is 1.55. The molecule has 3 aromatic rings. The molecule has 2 aromatic carbocycles. The number of halogens is 1. The average molecular weight is 411 g/mol. The fourth-order valence-corrected chi connectivity index (χ4v) is 3.29. The second kappa shape index (κ2) is 8.92. The number of hydrogen-bond acceptors (Lipinski definition) is 3. The van der Waals surface area contributed by atoms with E-state index in [1.165, 1.54) is 0 Å². The predicted octanol–water partition coefficient (Wildman–Crippen LogP) is 4.65. The van der Waals surface area contributed by atoms with Crippen molar-refractivity contribution in [3.05, 3.63) is 76.6 Å². The van der Waals surface area contributed by atoms with Gasteiger partial charge in [-0.15, -0.1) is 0 Å². The molecule has 0 atom stereocenters. The number of carbonyl (C=O) groups excluding carboxylic acids is 2. The third-order valence-corrected chi connectivity index (χ3v) is 4.61. The van der Waals surface area contributed by atoms with Gasteiger partial charge in [0.1, 0.15) is 0 Å². The molecule has 0 aliphatic rings. The summed E-state index contributed by atoms with van der Waals surface area (Å²) in [6.45, 7) is 6.40. The number of anilines is 1. The first kappa shape index (κ1) is 20.6. The number of nitrogens with one attached hydrogen (secondary N) is 2. The lowest BCUT2D eigenvalue weighted by atomic mass is 10.0. The number of carbonyl (C=O) groups is 2. The second-order valence-electron chi connectivity index (χ2n) is 6.88. The van der Waals surface area contributed by atoms with Gasteiger partial charge in [0.25, 0.3) is 11.8 Å². The summed E-state index contributed by atoms with van der Waals surface area (Å²) >= 11 is 6.11. The Hall–Kier alpha value is -3.12. The van der Waals surface area contributed by atoms with E-state index in [0.717, 1.165) is 11.4 Å². The number of nitrogens with zero attached hydrogens (tertiary/aromatic N) is 2. The number of benzene rings is 2. The Morgan fingerprint density at radius 1 is 1.10 bits per heavy atom. The molecule has 0 bridgehead atoms.